The minimum atomic E-state index is -0.00450. The van der Waals surface area contributed by atoms with Crippen LogP contribution in [-0.2, 0) is 16.7 Å². The molecule has 18 heavy (non-hydrogen) atoms. The molecule has 0 saturated carbocycles. The molecule has 1 unspecified atom stereocenters. The van der Waals surface area contributed by atoms with E-state index in [-0.39, 0.29) is 11.5 Å². The Kier molecular flexibility index (Phi) is 3.88. The normalized spacial score (nSPS) is 20.1. The molecule has 1 aromatic rings. The van der Waals surface area contributed by atoms with E-state index in [2.05, 4.69) is 31.8 Å². The molecule has 1 aliphatic rings. The van der Waals surface area contributed by atoms with E-state index in [0.29, 0.717) is 19.0 Å². The van der Waals surface area contributed by atoms with E-state index in [1.54, 1.807) is 0 Å². The van der Waals surface area contributed by atoms with Gasteiger partial charge >= 0.3 is 0 Å². The molecule has 0 amide bonds. The van der Waals surface area contributed by atoms with Gasteiger partial charge in [-0.1, -0.05) is 20.8 Å². The molecule has 2 rings (SSSR count). The number of ether oxygens (including phenoxy) is 2. The first kappa shape index (κ1) is 13.3. The lowest BCUT2D eigenvalue weighted by molar-refractivity contribution is 0.137. The summed E-state index contributed by atoms with van der Waals surface area (Å²) in [5.41, 5.74) is 7.80. The number of hydrogen-bond acceptors (Lipinski definition) is 4. The molecular weight excluding hydrogens is 228 g/mol. The van der Waals surface area contributed by atoms with Crippen molar-refractivity contribution in [2.24, 2.45) is 5.73 Å². The molecule has 2 N–H and O–H groups in total. The van der Waals surface area contributed by atoms with Crippen LogP contribution in [0, 0.1) is 0 Å². The van der Waals surface area contributed by atoms with Gasteiger partial charge in [-0.25, -0.2) is 4.98 Å². The lowest BCUT2D eigenvalue weighted by Crippen LogP contribution is -2.19. The number of hydrogen-bond donors (Lipinski definition) is 1. The molecule has 0 aromatic carbocycles. The van der Waals surface area contributed by atoms with Crippen LogP contribution in [0.1, 0.15) is 38.4 Å². The number of rotatable bonds is 3. The average Bonchev–Trinajstić information content (AvgIpc) is 2.80. The highest BCUT2D eigenvalue weighted by atomic mass is 16.5. The SMILES string of the molecule is CC(C)(C)c1cc(CN)cc(OC2CCOC2)n1. The van der Waals surface area contributed by atoms with Crippen LogP contribution in [0.5, 0.6) is 5.88 Å². The number of aromatic nitrogens is 1. The second kappa shape index (κ2) is 5.24. The standard InChI is InChI=1S/C14H22N2O2/c1-14(2,3)12-6-10(8-15)7-13(16-12)18-11-4-5-17-9-11/h6-7,11H,4-5,8-9,15H2,1-3H3. The number of nitrogens with two attached hydrogens (primary N) is 1. The molecule has 1 saturated heterocycles. The second-order valence-corrected chi connectivity index (χ2v) is 5.76. The minimum Gasteiger partial charge on any atom is -0.472 e. The van der Waals surface area contributed by atoms with Crippen molar-refractivity contribution < 1.29 is 9.47 Å². The van der Waals surface area contributed by atoms with Crippen molar-refractivity contribution in [2.45, 2.75) is 45.3 Å². The molecule has 1 aromatic heterocycles. The van der Waals surface area contributed by atoms with Gasteiger partial charge in [0.1, 0.15) is 6.10 Å². The van der Waals surface area contributed by atoms with E-state index >= 15 is 0 Å². The van der Waals surface area contributed by atoms with Crippen molar-refractivity contribution >= 4 is 0 Å². The van der Waals surface area contributed by atoms with Crippen LogP contribution in [-0.4, -0.2) is 24.3 Å². The van der Waals surface area contributed by atoms with Gasteiger partial charge in [-0.3, -0.25) is 0 Å². The van der Waals surface area contributed by atoms with Crippen LogP contribution in [0.4, 0.5) is 0 Å². The monoisotopic (exact) mass is 250 g/mol. The lowest BCUT2D eigenvalue weighted by Gasteiger charge is -2.20. The topological polar surface area (TPSA) is 57.4 Å². The predicted molar refractivity (Wildman–Crippen MR) is 70.7 cm³/mol. The summed E-state index contributed by atoms with van der Waals surface area (Å²) < 4.78 is 11.2. The van der Waals surface area contributed by atoms with Gasteiger partial charge in [0, 0.05) is 24.4 Å². The zero-order chi connectivity index (χ0) is 13.2. The Hall–Kier alpha value is -1.13. The van der Waals surface area contributed by atoms with Crippen molar-refractivity contribution in [1.29, 1.82) is 0 Å². The Morgan fingerprint density at radius 2 is 2.22 bits per heavy atom. The molecule has 1 atom stereocenters. The lowest BCUT2D eigenvalue weighted by atomic mass is 9.91. The molecule has 2 heterocycles. The number of nitrogens with zero attached hydrogens (tertiary/aromatic N) is 1. The van der Waals surface area contributed by atoms with Crippen molar-refractivity contribution in [3.63, 3.8) is 0 Å². The minimum absolute atomic E-state index is 0.00450. The second-order valence-electron chi connectivity index (χ2n) is 5.76. The van der Waals surface area contributed by atoms with Gasteiger partial charge in [0.25, 0.3) is 0 Å². The summed E-state index contributed by atoms with van der Waals surface area (Å²) in [5.74, 6) is 0.665. The first-order valence-electron chi connectivity index (χ1n) is 6.45. The largest absolute Gasteiger partial charge is 0.472 e. The van der Waals surface area contributed by atoms with Gasteiger partial charge in [0.2, 0.25) is 5.88 Å². The summed E-state index contributed by atoms with van der Waals surface area (Å²) in [6, 6.07) is 3.98. The summed E-state index contributed by atoms with van der Waals surface area (Å²) in [7, 11) is 0. The molecule has 1 aliphatic heterocycles. The third-order valence-corrected chi connectivity index (χ3v) is 3.04. The van der Waals surface area contributed by atoms with Crippen molar-refractivity contribution in [3.05, 3.63) is 23.4 Å². The first-order valence-corrected chi connectivity index (χ1v) is 6.45. The molecule has 4 nitrogen and oxygen atoms in total. The van der Waals surface area contributed by atoms with Crippen LogP contribution in [0.3, 0.4) is 0 Å². The molecular formula is C14H22N2O2. The fourth-order valence-electron chi connectivity index (χ4n) is 1.90. The summed E-state index contributed by atoms with van der Waals surface area (Å²) >= 11 is 0. The van der Waals surface area contributed by atoms with E-state index < -0.39 is 0 Å². The van der Waals surface area contributed by atoms with E-state index in [9.17, 15) is 0 Å². The highest BCUT2D eigenvalue weighted by molar-refractivity contribution is 5.28. The van der Waals surface area contributed by atoms with Gasteiger partial charge < -0.3 is 15.2 Å². The highest BCUT2D eigenvalue weighted by Gasteiger charge is 2.21. The van der Waals surface area contributed by atoms with E-state index in [0.717, 1.165) is 24.3 Å². The fourth-order valence-corrected chi connectivity index (χ4v) is 1.90. The van der Waals surface area contributed by atoms with Gasteiger partial charge in [-0.05, 0) is 11.6 Å². The molecule has 0 radical (unpaired) electrons. The van der Waals surface area contributed by atoms with Gasteiger partial charge in [-0.15, -0.1) is 0 Å². The maximum atomic E-state index is 5.86. The quantitative estimate of drug-likeness (QED) is 0.891. The Balaban J connectivity index is 2.23. The third kappa shape index (κ3) is 3.21. The van der Waals surface area contributed by atoms with Crippen LogP contribution >= 0.6 is 0 Å². The Morgan fingerprint density at radius 1 is 1.44 bits per heavy atom. The van der Waals surface area contributed by atoms with E-state index in [4.69, 9.17) is 15.2 Å². The Morgan fingerprint density at radius 3 is 2.78 bits per heavy atom. The van der Waals surface area contributed by atoms with Gasteiger partial charge in [-0.2, -0.15) is 0 Å². The number of pyridine rings is 1. The fraction of sp³-hybridized carbons (Fsp3) is 0.643. The Bertz CT molecular complexity index is 407. The molecule has 4 heteroatoms. The third-order valence-electron chi connectivity index (χ3n) is 3.04. The molecule has 0 aliphatic carbocycles. The molecule has 100 valence electrons. The van der Waals surface area contributed by atoms with Crippen LogP contribution in [0.15, 0.2) is 12.1 Å². The Labute approximate surface area is 108 Å². The summed E-state index contributed by atoms with van der Waals surface area (Å²) in [4.78, 5) is 4.58. The average molecular weight is 250 g/mol. The van der Waals surface area contributed by atoms with E-state index in [1.807, 2.05) is 6.07 Å². The van der Waals surface area contributed by atoms with Crippen LogP contribution in [0.2, 0.25) is 0 Å². The molecule has 0 spiro atoms. The highest BCUT2D eigenvalue weighted by Crippen LogP contribution is 2.25. The summed E-state index contributed by atoms with van der Waals surface area (Å²) in [6.07, 6.45) is 1.05. The van der Waals surface area contributed by atoms with Crippen LogP contribution < -0.4 is 10.5 Å². The van der Waals surface area contributed by atoms with Crippen molar-refractivity contribution in [2.75, 3.05) is 13.2 Å². The smallest absolute Gasteiger partial charge is 0.214 e. The zero-order valence-electron chi connectivity index (χ0n) is 11.4. The maximum Gasteiger partial charge on any atom is 0.214 e. The van der Waals surface area contributed by atoms with E-state index in [1.165, 1.54) is 0 Å². The zero-order valence-corrected chi connectivity index (χ0v) is 11.4. The summed E-state index contributed by atoms with van der Waals surface area (Å²) in [5, 5.41) is 0. The van der Waals surface area contributed by atoms with Crippen LogP contribution in [0.25, 0.3) is 0 Å². The maximum absolute atomic E-state index is 5.86. The molecule has 0 bridgehead atoms. The predicted octanol–water partition coefficient (Wildman–Crippen LogP) is 2.01. The summed E-state index contributed by atoms with van der Waals surface area (Å²) in [6.45, 7) is 8.34. The first-order chi connectivity index (χ1) is 8.49. The molecule has 1 fully saturated rings. The van der Waals surface area contributed by atoms with Crippen molar-refractivity contribution in [1.82, 2.24) is 4.98 Å². The van der Waals surface area contributed by atoms with Gasteiger partial charge in [0.15, 0.2) is 0 Å². The van der Waals surface area contributed by atoms with Gasteiger partial charge in [0.05, 0.1) is 18.9 Å². The van der Waals surface area contributed by atoms with Crippen molar-refractivity contribution in [3.8, 4) is 5.88 Å².